The number of amides is 2. The lowest BCUT2D eigenvalue weighted by atomic mass is 10.2. The van der Waals surface area contributed by atoms with E-state index >= 15 is 0 Å². The van der Waals surface area contributed by atoms with Crippen LogP contribution in [-0.2, 0) is 10.5 Å². The lowest BCUT2D eigenvalue weighted by Gasteiger charge is -2.08. The van der Waals surface area contributed by atoms with Gasteiger partial charge in [0.1, 0.15) is 0 Å². The lowest BCUT2D eigenvalue weighted by Crippen LogP contribution is -2.25. The summed E-state index contributed by atoms with van der Waals surface area (Å²) in [5.41, 5.74) is 2.11. The second kappa shape index (κ2) is 8.62. The smallest absolute Gasteiger partial charge is 0.251 e. The Kier molecular flexibility index (Phi) is 5.78. The zero-order valence-electron chi connectivity index (χ0n) is 15.0. The maximum absolute atomic E-state index is 12.2. The van der Waals surface area contributed by atoms with Crippen LogP contribution >= 0.6 is 23.1 Å². The quantitative estimate of drug-likeness (QED) is 0.579. The van der Waals surface area contributed by atoms with Crippen LogP contribution in [-0.4, -0.2) is 28.6 Å². The summed E-state index contributed by atoms with van der Waals surface area (Å²) in [6.45, 7) is 0. The number of furan rings is 1. The summed E-state index contributed by atoms with van der Waals surface area (Å²) in [4.78, 5) is 28.8. The van der Waals surface area contributed by atoms with Crippen molar-refractivity contribution in [2.75, 3.05) is 11.1 Å². The van der Waals surface area contributed by atoms with Crippen molar-refractivity contribution >= 4 is 40.6 Å². The van der Waals surface area contributed by atoms with Gasteiger partial charge in [0.05, 0.1) is 17.7 Å². The third-order valence-corrected chi connectivity index (χ3v) is 5.96. The molecule has 2 aromatic heterocycles. The van der Waals surface area contributed by atoms with Gasteiger partial charge in [0.25, 0.3) is 5.91 Å². The van der Waals surface area contributed by atoms with Crippen molar-refractivity contribution in [2.45, 2.75) is 24.6 Å². The fraction of sp³-hybridized carbons (Fsp3) is 0.250. The molecular weight excluding hydrogens is 394 g/mol. The molecule has 28 heavy (non-hydrogen) atoms. The number of carbonyl (C=O) groups is 2. The van der Waals surface area contributed by atoms with Crippen LogP contribution in [0.15, 0.2) is 52.5 Å². The van der Waals surface area contributed by atoms with E-state index in [0.717, 1.165) is 29.3 Å². The third-order valence-electron chi connectivity index (χ3n) is 4.09. The average Bonchev–Trinajstić information content (AvgIpc) is 3.15. The van der Waals surface area contributed by atoms with Crippen LogP contribution < -0.4 is 10.6 Å². The maximum atomic E-state index is 12.2. The van der Waals surface area contributed by atoms with Crippen LogP contribution in [0.4, 0.5) is 5.69 Å². The number of hydrogen-bond donors (Lipinski definition) is 2. The van der Waals surface area contributed by atoms with Gasteiger partial charge in [0.15, 0.2) is 10.8 Å². The van der Waals surface area contributed by atoms with Crippen LogP contribution in [0, 0.1) is 0 Å². The molecule has 1 aliphatic carbocycles. The average molecular weight is 414 g/mol. The predicted octanol–water partition coefficient (Wildman–Crippen LogP) is 4.17. The summed E-state index contributed by atoms with van der Waals surface area (Å²) < 4.78 is 5.34. The molecule has 1 saturated carbocycles. The fourth-order valence-corrected chi connectivity index (χ4v) is 4.17. The molecule has 0 aliphatic heterocycles. The van der Waals surface area contributed by atoms with Gasteiger partial charge in [0.2, 0.25) is 5.91 Å². The molecule has 2 amide bonds. The molecule has 0 saturated heterocycles. The van der Waals surface area contributed by atoms with Crippen molar-refractivity contribution in [3.05, 3.63) is 59.3 Å². The third kappa shape index (κ3) is 5.02. The van der Waals surface area contributed by atoms with Crippen LogP contribution in [0.1, 0.15) is 28.9 Å². The van der Waals surface area contributed by atoms with Gasteiger partial charge < -0.3 is 15.1 Å². The molecule has 3 aromatic rings. The van der Waals surface area contributed by atoms with E-state index in [-0.39, 0.29) is 11.8 Å². The first-order valence-corrected chi connectivity index (χ1v) is 11.0. The first-order chi connectivity index (χ1) is 13.7. The van der Waals surface area contributed by atoms with E-state index in [2.05, 4.69) is 15.6 Å². The van der Waals surface area contributed by atoms with E-state index < -0.39 is 0 Å². The Labute approximate surface area is 170 Å². The Morgan fingerprint density at radius 3 is 2.93 bits per heavy atom. The van der Waals surface area contributed by atoms with Crippen molar-refractivity contribution in [1.82, 2.24) is 10.3 Å². The minimum absolute atomic E-state index is 0.0936. The van der Waals surface area contributed by atoms with Gasteiger partial charge in [-0.3, -0.25) is 9.59 Å². The van der Waals surface area contributed by atoms with Crippen molar-refractivity contribution in [2.24, 2.45) is 0 Å². The summed E-state index contributed by atoms with van der Waals surface area (Å²) in [6.07, 6.45) is 3.71. The standard InChI is InChI=1S/C20H19N3O3S2/c24-18(12-27-10-16-11-28-20(23-16)17-5-2-8-26-17)21-15-4-1-3-13(9-15)19(25)22-14-6-7-14/h1-5,8-9,11,14H,6-7,10,12H2,(H,21,24)(H,22,25). The summed E-state index contributed by atoms with van der Waals surface area (Å²) in [7, 11) is 0. The number of benzene rings is 1. The Morgan fingerprint density at radius 2 is 2.14 bits per heavy atom. The van der Waals surface area contributed by atoms with Gasteiger partial charge in [-0.05, 0) is 43.2 Å². The largest absolute Gasteiger partial charge is 0.462 e. The summed E-state index contributed by atoms with van der Waals surface area (Å²) in [6, 6.07) is 11.0. The van der Waals surface area contributed by atoms with Gasteiger partial charge in [-0.2, -0.15) is 0 Å². The SMILES string of the molecule is O=C(CSCc1csc(-c2ccco2)n1)Nc1cccc(C(=O)NC2CC2)c1. The molecule has 0 radical (unpaired) electrons. The van der Waals surface area contributed by atoms with Crippen LogP contribution in [0.25, 0.3) is 10.8 Å². The van der Waals surface area contributed by atoms with Gasteiger partial charge in [-0.15, -0.1) is 23.1 Å². The molecular formula is C20H19N3O3S2. The maximum Gasteiger partial charge on any atom is 0.251 e. The molecule has 0 spiro atoms. The fourth-order valence-electron chi connectivity index (χ4n) is 2.57. The highest BCUT2D eigenvalue weighted by Gasteiger charge is 2.23. The molecule has 0 atom stereocenters. The molecule has 8 heteroatoms. The van der Waals surface area contributed by atoms with Crippen LogP contribution in [0.2, 0.25) is 0 Å². The number of nitrogens with one attached hydrogen (secondary N) is 2. The van der Waals surface area contributed by atoms with Crippen LogP contribution in [0.3, 0.4) is 0 Å². The summed E-state index contributed by atoms with van der Waals surface area (Å²) in [5.74, 6) is 1.51. The first kappa shape index (κ1) is 18.8. The number of aromatic nitrogens is 1. The molecule has 1 fully saturated rings. The van der Waals surface area contributed by atoms with Crippen molar-refractivity contribution in [1.29, 1.82) is 0 Å². The topological polar surface area (TPSA) is 84.2 Å². The second-order valence-corrected chi connectivity index (χ2v) is 8.33. The number of thiazole rings is 1. The summed E-state index contributed by atoms with van der Waals surface area (Å²) in [5, 5.41) is 8.61. The molecule has 0 bridgehead atoms. The molecule has 0 unspecified atom stereocenters. The molecule has 1 aliphatic rings. The first-order valence-electron chi connectivity index (χ1n) is 8.94. The Balaban J connectivity index is 1.25. The highest BCUT2D eigenvalue weighted by atomic mass is 32.2. The molecule has 4 rings (SSSR count). The molecule has 2 N–H and O–H groups in total. The highest BCUT2D eigenvalue weighted by molar-refractivity contribution is 7.99. The number of carbonyl (C=O) groups excluding carboxylic acids is 2. The second-order valence-electron chi connectivity index (χ2n) is 6.49. The van der Waals surface area contributed by atoms with E-state index in [4.69, 9.17) is 4.42 Å². The number of anilines is 1. The van der Waals surface area contributed by atoms with Crippen LogP contribution in [0.5, 0.6) is 0 Å². The van der Waals surface area contributed by atoms with E-state index in [0.29, 0.717) is 28.8 Å². The molecule has 2 heterocycles. The minimum atomic E-state index is -0.105. The zero-order chi connectivity index (χ0) is 19.3. The van der Waals surface area contributed by atoms with E-state index in [1.165, 1.54) is 23.1 Å². The van der Waals surface area contributed by atoms with Crippen molar-refractivity contribution < 1.29 is 14.0 Å². The number of thioether (sulfide) groups is 1. The van der Waals surface area contributed by atoms with E-state index in [9.17, 15) is 9.59 Å². The van der Waals surface area contributed by atoms with Gasteiger partial charge in [-0.1, -0.05) is 6.07 Å². The summed E-state index contributed by atoms with van der Waals surface area (Å²) >= 11 is 3.02. The van der Waals surface area contributed by atoms with E-state index in [1.807, 2.05) is 17.5 Å². The molecule has 144 valence electrons. The highest BCUT2D eigenvalue weighted by Crippen LogP contribution is 2.25. The van der Waals surface area contributed by atoms with Gasteiger partial charge in [0, 0.05) is 28.4 Å². The van der Waals surface area contributed by atoms with Gasteiger partial charge in [-0.25, -0.2) is 4.98 Å². The predicted molar refractivity (Wildman–Crippen MR) is 112 cm³/mol. The minimum Gasteiger partial charge on any atom is -0.462 e. The van der Waals surface area contributed by atoms with Crippen molar-refractivity contribution in [3.63, 3.8) is 0 Å². The zero-order valence-corrected chi connectivity index (χ0v) is 16.6. The molecule has 6 nitrogen and oxygen atoms in total. The lowest BCUT2D eigenvalue weighted by molar-refractivity contribution is -0.113. The monoisotopic (exact) mass is 413 g/mol. The Morgan fingerprint density at radius 1 is 1.25 bits per heavy atom. The Hall–Kier alpha value is -2.58. The number of hydrogen-bond acceptors (Lipinski definition) is 6. The van der Waals surface area contributed by atoms with Crippen molar-refractivity contribution in [3.8, 4) is 10.8 Å². The molecule has 1 aromatic carbocycles. The Bertz CT molecular complexity index is 965. The van der Waals surface area contributed by atoms with Gasteiger partial charge >= 0.3 is 0 Å². The number of rotatable bonds is 8. The normalized spacial score (nSPS) is 13.3. The van der Waals surface area contributed by atoms with E-state index in [1.54, 1.807) is 30.5 Å². The number of nitrogens with zero attached hydrogens (tertiary/aromatic N) is 1.